The molecular formula is C22H30Cl2N4O2S. The number of rotatable bonds is 7. The number of fused-ring (bicyclic) bond motifs is 1. The summed E-state index contributed by atoms with van der Waals surface area (Å²) in [6.07, 6.45) is 5.27. The normalized spacial score (nSPS) is 18.9. The van der Waals surface area contributed by atoms with Crippen molar-refractivity contribution >= 4 is 47.6 Å². The van der Waals surface area contributed by atoms with E-state index in [0.717, 1.165) is 61.2 Å². The summed E-state index contributed by atoms with van der Waals surface area (Å²) in [6.45, 7) is 2.96. The third-order valence-corrected chi connectivity index (χ3v) is 7.28. The maximum absolute atomic E-state index is 12.7. The van der Waals surface area contributed by atoms with Crippen LogP contribution in [0.25, 0.3) is 0 Å². The summed E-state index contributed by atoms with van der Waals surface area (Å²) in [5.41, 5.74) is 2.09. The summed E-state index contributed by atoms with van der Waals surface area (Å²) < 4.78 is 0. The fourth-order valence-corrected chi connectivity index (χ4v) is 5.38. The molecule has 4 rings (SSSR count). The maximum atomic E-state index is 12.7. The average Bonchev–Trinajstić information content (AvgIpc) is 3.26. The van der Waals surface area contributed by atoms with Crippen LogP contribution in [0.5, 0.6) is 0 Å². The van der Waals surface area contributed by atoms with Crippen LogP contribution in [-0.4, -0.2) is 82.4 Å². The number of thioether (sulfide) groups is 1. The van der Waals surface area contributed by atoms with Crippen molar-refractivity contribution in [1.82, 2.24) is 19.6 Å². The van der Waals surface area contributed by atoms with Crippen molar-refractivity contribution in [2.24, 2.45) is 0 Å². The molecule has 0 atom stereocenters. The number of benzene rings is 1. The molecule has 0 aliphatic carbocycles. The number of carbonyl (C=O) groups excluding carboxylic acids is 2. The highest BCUT2D eigenvalue weighted by molar-refractivity contribution is 7.99. The summed E-state index contributed by atoms with van der Waals surface area (Å²) >= 11 is 7.74. The lowest BCUT2D eigenvalue weighted by molar-refractivity contribution is -0.133. The maximum Gasteiger partial charge on any atom is 0.273 e. The number of nitrogens with zero attached hydrogens (tertiary/aromatic N) is 4. The number of piperidine rings is 1. The predicted molar refractivity (Wildman–Crippen MR) is 128 cm³/mol. The Morgan fingerprint density at radius 1 is 1.13 bits per heavy atom. The van der Waals surface area contributed by atoms with Crippen LogP contribution in [-0.2, 0) is 16.0 Å². The van der Waals surface area contributed by atoms with Crippen molar-refractivity contribution in [3.63, 3.8) is 0 Å². The molecule has 9 heteroatoms. The van der Waals surface area contributed by atoms with E-state index in [9.17, 15) is 9.59 Å². The number of aryl methyl sites for hydroxylation is 1. The first kappa shape index (κ1) is 24.1. The number of carbonyl (C=O) groups is 2. The average molecular weight is 485 g/mol. The first-order chi connectivity index (χ1) is 14.5. The highest BCUT2D eigenvalue weighted by Crippen LogP contribution is 2.29. The van der Waals surface area contributed by atoms with Crippen LogP contribution in [0.15, 0.2) is 36.2 Å². The largest absolute Gasteiger partial charge is 0.361 e. The highest BCUT2D eigenvalue weighted by Gasteiger charge is 2.40. The summed E-state index contributed by atoms with van der Waals surface area (Å²) in [6, 6.07) is 8.20. The van der Waals surface area contributed by atoms with Gasteiger partial charge in [-0.1, -0.05) is 23.7 Å². The van der Waals surface area contributed by atoms with E-state index in [-0.39, 0.29) is 30.3 Å². The Hall–Kier alpha value is -1.57. The van der Waals surface area contributed by atoms with Gasteiger partial charge in [-0.2, -0.15) is 11.8 Å². The topological polar surface area (TPSA) is 47.1 Å². The zero-order valence-electron chi connectivity index (χ0n) is 17.8. The van der Waals surface area contributed by atoms with Gasteiger partial charge in [-0.05, 0) is 42.7 Å². The van der Waals surface area contributed by atoms with Gasteiger partial charge in [-0.25, -0.2) is 0 Å². The van der Waals surface area contributed by atoms with Crippen LogP contribution >= 0.6 is 35.8 Å². The minimum atomic E-state index is 0. The third kappa shape index (κ3) is 5.82. The van der Waals surface area contributed by atoms with Gasteiger partial charge in [0.1, 0.15) is 5.70 Å². The molecule has 0 aromatic heterocycles. The van der Waals surface area contributed by atoms with E-state index in [1.165, 1.54) is 5.56 Å². The molecular weight excluding hydrogens is 455 g/mol. The molecule has 1 aromatic rings. The van der Waals surface area contributed by atoms with Gasteiger partial charge in [0, 0.05) is 49.6 Å². The standard InChI is InChI=1S/C22H29ClN4O2S.ClH/c1-24-14-20-22(29)27(16-26(20)15-24)19-6-10-25(11-7-19)21(28)9-13-30-12-8-17-2-4-18(23)5-3-17;/h2-5,14,19H,6-13,15-16H2,1H3;1H. The van der Waals surface area contributed by atoms with Gasteiger partial charge in [-0.3, -0.25) is 9.59 Å². The second kappa shape index (κ2) is 10.8. The molecule has 0 N–H and O–H groups in total. The monoisotopic (exact) mass is 484 g/mol. The molecule has 6 nitrogen and oxygen atoms in total. The van der Waals surface area contributed by atoms with E-state index >= 15 is 0 Å². The minimum Gasteiger partial charge on any atom is -0.361 e. The van der Waals surface area contributed by atoms with E-state index in [1.807, 2.05) is 51.8 Å². The van der Waals surface area contributed by atoms with Gasteiger partial charge in [0.15, 0.2) is 0 Å². The van der Waals surface area contributed by atoms with Crippen molar-refractivity contribution in [2.45, 2.75) is 31.7 Å². The van der Waals surface area contributed by atoms with Crippen LogP contribution in [0.2, 0.25) is 5.02 Å². The number of halogens is 2. The fraction of sp³-hybridized carbons (Fsp3) is 0.545. The van der Waals surface area contributed by atoms with Crippen molar-refractivity contribution in [3.8, 4) is 0 Å². The first-order valence-electron chi connectivity index (χ1n) is 10.6. The van der Waals surface area contributed by atoms with Gasteiger partial charge >= 0.3 is 0 Å². The minimum absolute atomic E-state index is 0. The Morgan fingerprint density at radius 3 is 2.52 bits per heavy atom. The summed E-state index contributed by atoms with van der Waals surface area (Å²) in [4.78, 5) is 33.4. The van der Waals surface area contributed by atoms with E-state index in [0.29, 0.717) is 13.1 Å². The van der Waals surface area contributed by atoms with E-state index in [1.54, 1.807) is 0 Å². The third-order valence-electron chi connectivity index (χ3n) is 6.05. The first-order valence-corrected chi connectivity index (χ1v) is 12.1. The molecule has 2 amide bonds. The molecule has 2 fully saturated rings. The molecule has 0 spiro atoms. The lowest BCUT2D eigenvalue weighted by atomic mass is 10.0. The Balaban J connectivity index is 0.00000272. The highest BCUT2D eigenvalue weighted by atomic mass is 35.5. The van der Waals surface area contributed by atoms with Crippen LogP contribution in [0.3, 0.4) is 0 Å². The molecule has 0 unspecified atom stereocenters. The van der Waals surface area contributed by atoms with E-state index in [2.05, 4.69) is 17.0 Å². The Kier molecular flexibility index (Phi) is 8.42. The molecule has 3 aliphatic heterocycles. The Bertz CT molecular complexity index is 812. The second-order valence-electron chi connectivity index (χ2n) is 8.22. The van der Waals surface area contributed by atoms with Crippen molar-refractivity contribution < 1.29 is 9.59 Å². The van der Waals surface area contributed by atoms with Crippen molar-refractivity contribution in [3.05, 3.63) is 46.7 Å². The Morgan fingerprint density at radius 2 is 1.84 bits per heavy atom. The van der Waals surface area contributed by atoms with Gasteiger partial charge in [0.2, 0.25) is 5.91 Å². The van der Waals surface area contributed by atoms with Gasteiger partial charge in [0.05, 0.1) is 13.3 Å². The molecule has 1 aromatic carbocycles. The Labute approximate surface area is 200 Å². The fourth-order valence-electron chi connectivity index (χ4n) is 4.35. The molecule has 0 bridgehead atoms. The summed E-state index contributed by atoms with van der Waals surface area (Å²) in [5.74, 6) is 2.25. The zero-order chi connectivity index (χ0) is 21.1. The SMILES string of the molecule is CN1C=C2C(=O)N(C3CCN(C(=O)CCSCCc4ccc(Cl)cc4)CC3)CN2C1.Cl. The predicted octanol–water partition coefficient (Wildman–Crippen LogP) is 3.26. The van der Waals surface area contributed by atoms with Crippen LogP contribution in [0, 0.1) is 0 Å². The van der Waals surface area contributed by atoms with E-state index in [4.69, 9.17) is 11.6 Å². The van der Waals surface area contributed by atoms with Crippen LogP contribution < -0.4 is 0 Å². The second-order valence-corrected chi connectivity index (χ2v) is 9.88. The molecule has 0 saturated carbocycles. The molecule has 0 radical (unpaired) electrons. The number of hydrogen-bond acceptors (Lipinski definition) is 5. The summed E-state index contributed by atoms with van der Waals surface area (Å²) in [5, 5.41) is 0.764. The molecule has 3 aliphatic rings. The van der Waals surface area contributed by atoms with E-state index < -0.39 is 0 Å². The molecule has 31 heavy (non-hydrogen) atoms. The van der Waals surface area contributed by atoms with Gasteiger partial charge in [0.25, 0.3) is 5.91 Å². The smallest absolute Gasteiger partial charge is 0.273 e. The van der Waals surface area contributed by atoms with Crippen molar-refractivity contribution in [1.29, 1.82) is 0 Å². The van der Waals surface area contributed by atoms with Gasteiger partial charge in [-0.15, -0.1) is 12.4 Å². The lowest BCUT2D eigenvalue weighted by Crippen LogP contribution is -2.48. The van der Waals surface area contributed by atoms with Crippen LogP contribution in [0.4, 0.5) is 0 Å². The van der Waals surface area contributed by atoms with Crippen LogP contribution in [0.1, 0.15) is 24.8 Å². The summed E-state index contributed by atoms with van der Waals surface area (Å²) in [7, 11) is 1.99. The molecule has 2 saturated heterocycles. The number of likely N-dealkylation sites (tertiary alicyclic amines) is 1. The number of amides is 2. The lowest BCUT2D eigenvalue weighted by Gasteiger charge is -2.36. The number of hydrogen-bond donors (Lipinski definition) is 0. The quantitative estimate of drug-likeness (QED) is 0.555. The molecule has 170 valence electrons. The van der Waals surface area contributed by atoms with Gasteiger partial charge < -0.3 is 19.6 Å². The zero-order valence-corrected chi connectivity index (χ0v) is 20.2. The van der Waals surface area contributed by atoms with Crippen molar-refractivity contribution in [2.75, 3.05) is 45.0 Å². The molecule has 3 heterocycles.